The van der Waals surface area contributed by atoms with E-state index in [1.165, 1.54) is 13.2 Å². The van der Waals surface area contributed by atoms with Gasteiger partial charge in [-0.05, 0) is 31.2 Å². The second kappa shape index (κ2) is 7.86. The zero-order valence-electron chi connectivity index (χ0n) is 14.4. The number of anilines is 1. The summed E-state index contributed by atoms with van der Waals surface area (Å²) in [4.78, 5) is 38.1. The third-order valence-corrected chi connectivity index (χ3v) is 4.18. The molecule has 0 spiro atoms. The first-order valence-electron chi connectivity index (χ1n) is 8.39. The number of hydrogen-bond acceptors (Lipinski definition) is 5. The average Bonchev–Trinajstić information content (AvgIpc) is 3.26. The molecule has 1 N–H and O–H groups in total. The molecule has 26 heavy (non-hydrogen) atoms. The molecule has 0 unspecified atom stereocenters. The quantitative estimate of drug-likeness (QED) is 0.802. The summed E-state index contributed by atoms with van der Waals surface area (Å²) in [6.45, 7) is 2.08. The van der Waals surface area contributed by atoms with Crippen molar-refractivity contribution in [3.63, 3.8) is 0 Å². The molecule has 2 atom stereocenters. The van der Waals surface area contributed by atoms with E-state index in [4.69, 9.17) is 9.15 Å². The molecule has 0 aliphatic carbocycles. The van der Waals surface area contributed by atoms with E-state index >= 15 is 0 Å². The van der Waals surface area contributed by atoms with Gasteiger partial charge in [-0.25, -0.2) is 0 Å². The minimum absolute atomic E-state index is 0.0760. The standard InChI is InChI=1S/C19H20N2O5/c1-13(18(23)20-15-6-3-2-4-7-15)26-19(24)14-10-17(22)21(11-14)12-16-8-5-9-25-16/h2-9,13-14H,10-12H2,1H3,(H,20,23)/t13-,14+/m0/s1. The summed E-state index contributed by atoms with van der Waals surface area (Å²) in [6.07, 6.45) is 0.665. The van der Waals surface area contributed by atoms with E-state index in [0.29, 0.717) is 18.0 Å². The normalized spacial score (nSPS) is 17.8. The largest absolute Gasteiger partial charge is 0.467 e. The average molecular weight is 356 g/mol. The first-order chi connectivity index (χ1) is 12.5. The predicted octanol–water partition coefficient (Wildman–Crippen LogP) is 2.20. The van der Waals surface area contributed by atoms with Gasteiger partial charge in [-0.3, -0.25) is 14.4 Å². The number of para-hydroxylation sites is 1. The Morgan fingerprint density at radius 1 is 1.27 bits per heavy atom. The number of amides is 2. The molecule has 136 valence electrons. The summed E-state index contributed by atoms with van der Waals surface area (Å²) in [7, 11) is 0. The van der Waals surface area contributed by atoms with E-state index in [2.05, 4.69) is 5.32 Å². The molecule has 1 fully saturated rings. The van der Waals surface area contributed by atoms with Gasteiger partial charge < -0.3 is 19.4 Å². The van der Waals surface area contributed by atoms with Gasteiger partial charge in [0, 0.05) is 18.7 Å². The van der Waals surface area contributed by atoms with Crippen LogP contribution in [0.1, 0.15) is 19.1 Å². The van der Waals surface area contributed by atoms with Crippen molar-refractivity contribution in [3.05, 3.63) is 54.5 Å². The van der Waals surface area contributed by atoms with E-state index in [1.54, 1.807) is 41.3 Å². The zero-order valence-corrected chi connectivity index (χ0v) is 14.4. The SMILES string of the molecule is C[C@H](OC(=O)[C@@H]1CC(=O)N(Cc2ccco2)C1)C(=O)Nc1ccccc1. The van der Waals surface area contributed by atoms with Crippen molar-refractivity contribution in [3.8, 4) is 0 Å². The Labute approximate surface area is 150 Å². The van der Waals surface area contributed by atoms with Crippen molar-refractivity contribution in [2.75, 3.05) is 11.9 Å². The molecule has 7 nitrogen and oxygen atoms in total. The van der Waals surface area contributed by atoms with E-state index < -0.39 is 23.9 Å². The second-order valence-corrected chi connectivity index (χ2v) is 6.19. The smallest absolute Gasteiger partial charge is 0.312 e. The monoisotopic (exact) mass is 356 g/mol. The highest BCUT2D eigenvalue weighted by Gasteiger charge is 2.36. The molecule has 2 heterocycles. The number of hydrogen-bond donors (Lipinski definition) is 1. The molecule has 0 saturated carbocycles. The molecule has 2 aromatic rings. The summed E-state index contributed by atoms with van der Waals surface area (Å²) < 4.78 is 10.5. The molecule has 0 bridgehead atoms. The fourth-order valence-electron chi connectivity index (χ4n) is 2.76. The highest BCUT2D eigenvalue weighted by Crippen LogP contribution is 2.22. The molecular weight excluding hydrogens is 336 g/mol. The zero-order chi connectivity index (χ0) is 18.5. The number of nitrogens with one attached hydrogen (secondary N) is 1. The number of furan rings is 1. The molecule has 0 radical (unpaired) electrons. The van der Waals surface area contributed by atoms with Crippen LogP contribution in [0.5, 0.6) is 0 Å². The van der Waals surface area contributed by atoms with E-state index in [0.717, 1.165) is 0 Å². The van der Waals surface area contributed by atoms with Gasteiger partial charge in [0.05, 0.1) is 18.7 Å². The highest BCUT2D eigenvalue weighted by atomic mass is 16.5. The lowest BCUT2D eigenvalue weighted by molar-refractivity contribution is -0.157. The number of benzene rings is 1. The summed E-state index contributed by atoms with van der Waals surface area (Å²) in [5.41, 5.74) is 0.626. The fourth-order valence-corrected chi connectivity index (χ4v) is 2.76. The Morgan fingerprint density at radius 3 is 2.73 bits per heavy atom. The maximum absolute atomic E-state index is 12.3. The fraction of sp³-hybridized carbons (Fsp3) is 0.316. The van der Waals surface area contributed by atoms with Crippen LogP contribution in [0.15, 0.2) is 53.1 Å². The van der Waals surface area contributed by atoms with Gasteiger partial charge in [-0.15, -0.1) is 0 Å². The van der Waals surface area contributed by atoms with Crippen LogP contribution in [0.2, 0.25) is 0 Å². The molecule has 1 aliphatic rings. The van der Waals surface area contributed by atoms with Crippen molar-refractivity contribution in [1.29, 1.82) is 0 Å². The van der Waals surface area contributed by atoms with Crippen LogP contribution in [-0.2, 0) is 25.7 Å². The Bertz CT molecular complexity index is 772. The lowest BCUT2D eigenvalue weighted by atomic mass is 10.1. The number of ether oxygens (including phenoxy) is 1. The Hall–Kier alpha value is -3.09. The minimum Gasteiger partial charge on any atom is -0.467 e. The number of nitrogens with zero attached hydrogens (tertiary/aromatic N) is 1. The van der Waals surface area contributed by atoms with Crippen LogP contribution in [0.4, 0.5) is 5.69 Å². The first kappa shape index (κ1) is 17.7. The Kier molecular flexibility index (Phi) is 5.36. The van der Waals surface area contributed by atoms with Crippen LogP contribution < -0.4 is 5.32 Å². The predicted molar refractivity (Wildman–Crippen MR) is 92.9 cm³/mol. The van der Waals surface area contributed by atoms with E-state index in [-0.39, 0.29) is 18.9 Å². The lowest BCUT2D eigenvalue weighted by Crippen LogP contribution is -2.33. The lowest BCUT2D eigenvalue weighted by Gasteiger charge is -2.17. The van der Waals surface area contributed by atoms with Crippen molar-refractivity contribution < 1.29 is 23.5 Å². The van der Waals surface area contributed by atoms with Gasteiger partial charge in [0.1, 0.15) is 5.76 Å². The summed E-state index contributed by atoms with van der Waals surface area (Å²) in [5.74, 6) is -1.02. The maximum atomic E-state index is 12.3. The van der Waals surface area contributed by atoms with Crippen LogP contribution in [0, 0.1) is 5.92 Å². The third-order valence-electron chi connectivity index (χ3n) is 4.18. The number of carbonyl (C=O) groups excluding carboxylic acids is 3. The molecular formula is C19H20N2O5. The Balaban J connectivity index is 1.51. The topological polar surface area (TPSA) is 88.9 Å². The number of likely N-dealkylation sites (tertiary alicyclic amines) is 1. The van der Waals surface area contributed by atoms with Crippen molar-refractivity contribution in [2.45, 2.75) is 26.0 Å². The van der Waals surface area contributed by atoms with Gasteiger partial charge in [0.2, 0.25) is 5.91 Å². The van der Waals surface area contributed by atoms with Gasteiger partial charge in [0.25, 0.3) is 5.91 Å². The van der Waals surface area contributed by atoms with Crippen LogP contribution in [0.3, 0.4) is 0 Å². The Morgan fingerprint density at radius 2 is 2.04 bits per heavy atom. The minimum atomic E-state index is -0.947. The molecule has 1 aromatic carbocycles. The van der Waals surface area contributed by atoms with Gasteiger partial charge >= 0.3 is 5.97 Å². The second-order valence-electron chi connectivity index (χ2n) is 6.19. The van der Waals surface area contributed by atoms with Crippen LogP contribution in [0.25, 0.3) is 0 Å². The summed E-state index contributed by atoms with van der Waals surface area (Å²) in [5, 5.41) is 2.68. The van der Waals surface area contributed by atoms with Crippen molar-refractivity contribution >= 4 is 23.5 Å². The van der Waals surface area contributed by atoms with E-state index in [9.17, 15) is 14.4 Å². The van der Waals surface area contributed by atoms with Gasteiger partial charge in [-0.1, -0.05) is 18.2 Å². The van der Waals surface area contributed by atoms with Crippen molar-refractivity contribution in [1.82, 2.24) is 4.90 Å². The molecule has 2 amide bonds. The van der Waals surface area contributed by atoms with Crippen LogP contribution >= 0.6 is 0 Å². The third kappa shape index (κ3) is 4.30. The highest BCUT2D eigenvalue weighted by molar-refractivity contribution is 5.95. The molecule has 7 heteroatoms. The molecule has 1 saturated heterocycles. The molecule has 1 aromatic heterocycles. The molecule has 1 aliphatic heterocycles. The van der Waals surface area contributed by atoms with E-state index in [1.807, 2.05) is 6.07 Å². The van der Waals surface area contributed by atoms with Crippen molar-refractivity contribution in [2.24, 2.45) is 5.92 Å². The maximum Gasteiger partial charge on any atom is 0.312 e. The van der Waals surface area contributed by atoms with Crippen LogP contribution in [-0.4, -0.2) is 35.3 Å². The van der Waals surface area contributed by atoms with Gasteiger partial charge in [-0.2, -0.15) is 0 Å². The number of esters is 1. The number of rotatable bonds is 6. The number of carbonyl (C=O) groups is 3. The summed E-state index contributed by atoms with van der Waals surface area (Å²) in [6, 6.07) is 12.4. The van der Waals surface area contributed by atoms with Gasteiger partial charge in [0.15, 0.2) is 6.10 Å². The summed E-state index contributed by atoms with van der Waals surface area (Å²) >= 11 is 0. The first-order valence-corrected chi connectivity index (χ1v) is 8.39. The molecule has 3 rings (SSSR count).